The quantitative estimate of drug-likeness (QED) is 0.658. The van der Waals surface area contributed by atoms with Crippen LogP contribution in [0.2, 0.25) is 0 Å². The van der Waals surface area contributed by atoms with Crippen LogP contribution in [0.15, 0.2) is 30.5 Å². The van der Waals surface area contributed by atoms with E-state index in [0.717, 1.165) is 18.7 Å². The third kappa shape index (κ3) is 2.81. The van der Waals surface area contributed by atoms with Gasteiger partial charge in [-0.2, -0.15) is 0 Å². The minimum absolute atomic E-state index is 0.0946. The lowest BCUT2D eigenvalue weighted by molar-refractivity contribution is -0.383. The van der Waals surface area contributed by atoms with Crippen molar-refractivity contribution in [1.82, 2.24) is 4.98 Å². The summed E-state index contributed by atoms with van der Waals surface area (Å²) in [7, 11) is 0. The molecule has 19 heavy (non-hydrogen) atoms. The van der Waals surface area contributed by atoms with Gasteiger partial charge in [-0.1, -0.05) is 20.3 Å². The summed E-state index contributed by atoms with van der Waals surface area (Å²) in [6.07, 6.45) is 2.74. The van der Waals surface area contributed by atoms with Gasteiger partial charge >= 0.3 is 0 Å². The fourth-order valence-corrected chi connectivity index (χ4v) is 1.89. The van der Waals surface area contributed by atoms with Gasteiger partial charge in [-0.05, 0) is 24.1 Å². The predicted molar refractivity (Wildman–Crippen MR) is 76.3 cm³/mol. The third-order valence-electron chi connectivity index (χ3n) is 3.28. The molecule has 1 N–H and O–H groups in total. The number of anilines is 1. The van der Waals surface area contributed by atoms with E-state index in [-0.39, 0.29) is 10.6 Å². The van der Waals surface area contributed by atoms with Gasteiger partial charge < -0.3 is 5.32 Å². The second-order valence-corrected chi connectivity index (χ2v) is 4.68. The highest BCUT2D eigenvalue weighted by atomic mass is 16.6. The van der Waals surface area contributed by atoms with Crippen LogP contribution in [0.4, 0.5) is 11.4 Å². The van der Waals surface area contributed by atoms with Gasteiger partial charge in [-0.25, -0.2) is 0 Å². The van der Waals surface area contributed by atoms with Crippen LogP contribution >= 0.6 is 0 Å². The molecule has 0 saturated carbocycles. The van der Waals surface area contributed by atoms with Gasteiger partial charge in [-0.15, -0.1) is 0 Å². The Labute approximate surface area is 111 Å². The van der Waals surface area contributed by atoms with E-state index in [9.17, 15) is 10.1 Å². The van der Waals surface area contributed by atoms with Gasteiger partial charge in [0, 0.05) is 18.8 Å². The van der Waals surface area contributed by atoms with E-state index in [1.807, 2.05) is 0 Å². The molecule has 0 bridgehead atoms. The molecule has 1 unspecified atom stereocenters. The van der Waals surface area contributed by atoms with Gasteiger partial charge in [0.1, 0.15) is 5.52 Å². The first kappa shape index (κ1) is 13.3. The monoisotopic (exact) mass is 259 g/mol. The second kappa shape index (κ2) is 5.65. The molecular formula is C14H17N3O2. The maximum absolute atomic E-state index is 11.0. The summed E-state index contributed by atoms with van der Waals surface area (Å²) in [5.41, 5.74) is 1.60. The molecule has 0 amide bonds. The lowest BCUT2D eigenvalue weighted by atomic mass is 10.1. The SMILES string of the molecule is CCC(C)CNc1ccc([N+](=O)[O-])c2cccnc12. The van der Waals surface area contributed by atoms with Crippen molar-refractivity contribution in [1.29, 1.82) is 0 Å². The molecule has 1 heterocycles. The molecule has 1 aromatic carbocycles. The minimum atomic E-state index is -0.373. The second-order valence-electron chi connectivity index (χ2n) is 4.68. The van der Waals surface area contributed by atoms with Crippen LogP contribution < -0.4 is 5.32 Å². The predicted octanol–water partition coefficient (Wildman–Crippen LogP) is 3.60. The lowest BCUT2D eigenvalue weighted by Gasteiger charge is -2.12. The third-order valence-corrected chi connectivity index (χ3v) is 3.28. The van der Waals surface area contributed by atoms with Crippen LogP contribution in [0.25, 0.3) is 10.9 Å². The Morgan fingerprint density at radius 1 is 1.42 bits per heavy atom. The summed E-state index contributed by atoms with van der Waals surface area (Å²) >= 11 is 0. The topological polar surface area (TPSA) is 68.1 Å². The highest BCUT2D eigenvalue weighted by Crippen LogP contribution is 2.29. The Morgan fingerprint density at radius 2 is 2.21 bits per heavy atom. The average Bonchev–Trinajstić information content (AvgIpc) is 2.43. The minimum Gasteiger partial charge on any atom is -0.383 e. The highest BCUT2D eigenvalue weighted by molar-refractivity contribution is 5.96. The van der Waals surface area contributed by atoms with Crippen LogP contribution in [0.1, 0.15) is 20.3 Å². The smallest absolute Gasteiger partial charge is 0.278 e. The van der Waals surface area contributed by atoms with E-state index in [1.54, 1.807) is 24.4 Å². The van der Waals surface area contributed by atoms with Crippen molar-refractivity contribution < 1.29 is 4.92 Å². The zero-order chi connectivity index (χ0) is 13.8. The standard InChI is InChI=1S/C14H17N3O2/c1-3-10(2)9-16-12-6-7-13(17(18)19)11-5-4-8-15-14(11)12/h4-8,10,16H,3,9H2,1-2H3. The maximum Gasteiger partial charge on any atom is 0.278 e. The van der Waals surface area contributed by atoms with Crippen LogP contribution in [0, 0.1) is 16.0 Å². The molecule has 2 rings (SSSR count). The number of aromatic nitrogens is 1. The molecule has 0 radical (unpaired) electrons. The summed E-state index contributed by atoms with van der Waals surface area (Å²) in [4.78, 5) is 14.9. The normalized spacial score (nSPS) is 12.3. The van der Waals surface area contributed by atoms with E-state index in [2.05, 4.69) is 24.1 Å². The van der Waals surface area contributed by atoms with Crippen molar-refractivity contribution in [3.8, 4) is 0 Å². The van der Waals surface area contributed by atoms with E-state index in [0.29, 0.717) is 16.8 Å². The number of non-ortho nitro benzene ring substituents is 1. The molecule has 0 saturated heterocycles. The Kier molecular flexibility index (Phi) is 3.94. The van der Waals surface area contributed by atoms with E-state index in [1.165, 1.54) is 6.07 Å². The van der Waals surface area contributed by atoms with E-state index < -0.39 is 0 Å². The Bertz CT molecular complexity index is 598. The number of rotatable bonds is 5. The van der Waals surface area contributed by atoms with Gasteiger partial charge in [0.2, 0.25) is 0 Å². The zero-order valence-electron chi connectivity index (χ0n) is 11.1. The number of hydrogen-bond donors (Lipinski definition) is 1. The summed E-state index contributed by atoms with van der Waals surface area (Å²) in [6.45, 7) is 5.13. The van der Waals surface area contributed by atoms with Gasteiger partial charge in [-0.3, -0.25) is 15.1 Å². The Morgan fingerprint density at radius 3 is 2.89 bits per heavy atom. The number of nitro groups is 1. The first-order valence-corrected chi connectivity index (χ1v) is 6.39. The molecule has 5 nitrogen and oxygen atoms in total. The molecule has 0 aliphatic rings. The first-order chi connectivity index (χ1) is 9.13. The van der Waals surface area contributed by atoms with E-state index >= 15 is 0 Å². The highest BCUT2D eigenvalue weighted by Gasteiger charge is 2.14. The van der Waals surface area contributed by atoms with Crippen molar-refractivity contribution in [3.63, 3.8) is 0 Å². The van der Waals surface area contributed by atoms with Crippen molar-refractivity contribution in [2.75, 3.05) is 11.9 Å². The zero-order valence-corrected chi connectivity index (χ0v) is 11.1. The van der Waals surface area contributed by atoms with Crippen LogP contribution in [0.3, 0.4) is 0 Å². The number of benzene rings is 1. The summed E-state index contributed by atoms with van der Waals surface area (Å²) in [6, 6.07) is 6.71. The van der Waals surface area contributed by atoms with Crippen molar-refractivity contribution in [2.45, 2.75) is 20.3 Å². The molecule has 100 valence electrons. The summed E-state index contributed by atoms with van der Waals surface area (Å²) < 4.78 is 0. The maximum atomic E-state index is 11.0. The fourth-order valence-electron chi connectivity index (χ4n) is 1.89. The average molecular weight is 259 g/mol. The lowest BCUT2D eigenvalue weighted by Crippen LogP contribution is -2.10. The van der Waals surface area contributed by atoms with Crippen LogP contribution in [0.5, 0.6) is 0 Å². The summed E-state index contributed by atoms with van der Waals surface area (Å²) in [5, 5.41) is 14.9. The molecular weight excluding hydrogens is 242 g/mol. The number of nitro benzene ring substituents is 1. The number of fused-ring (bicyclic) bond motifs is 1. The van der Waals surface area contributed by atoms with Crippen molar-refractivity contribution in [3.05, 3.63) is 40.6 Å². The van der Waals surface area contributed by atoms with Crippen LogP contribution in [-0.4, -0.2) is 16.5 Å². The van der Waals surface area contributed by atoms with Gasteiger partial charge in [0.05, 0.1) is 16.0 Å². The first-order valence-electron chi connectivity index (χ1n) is 6.39. The van der Waals surface area contributed by atoms with Crippen molar-refractivity contribution in [2.24, 2.45) is 5.92 Å². The van der Waals surface area contributed by atoms with Gasteiger partial charge in [0.25, 0.3) is 5.69 Å². The molecule has 2 aromatic rings. The largest absolute Gasteiger partial charge is 0.383 e. The molecule has 0 aliphatic heterocycles. The van der Waals surface area contributed by atoms with Crippen LogP contribution in [-0.2, 0) is 0 Å². The Balaban J connectivity index is 2.41. The number of pyridine rings is 1. The summed E-state index contributed by atoms with van der Waals surface area (Å²) in [5.74, 6) is 0.550. The fraction of sp³-hybridized carbons (Fsp3) is 0.357. The molecule has 5 heteroatoms. The molecule has 1 aromatic heterocycles. The Hall–Kier alpha value is -2.17. The number of hydrogen-bond acceptors (Lipinski definition) is 4. The number of nitrogens with zero attached hydrogens (tertiary/aromatic N) is 2. The molecule has 1 atom stereocenters. The van der Waals surface area contributed by atoms with Gasteiger partial charge in [0.15, 0.2) is 0 Å². The molecule has 0 aliphatic carbocycles. The van der Waals surface area contributed by atoms with E-state index in [4.69, 9.17) is 0 Å². The van der Waals surface area contributed by atoms with Crippen molar-refractivity contribution >= 4 is 22.3 Å². The number of nitrogens with one attached hydrogen (secondary N) is 1. The molecule has 0 spiro atoms. The molecule has 0 fully saturated rings.